The van der Waals surface area contributed by atoms with Crippen molar-refractivity contribution in [2.75, 3.05) is 26.7 Å². The molecule has 2 amide bonds. The smallest absolute Gasteiger partial charge is 0.268 e. The second kappa shape index (κ2) is 8.40. The number of nitrogens with one attached hydrogen (secondary N) is 1. The maximum Gasteiger partial charge on any atom is 0.268 e. The number of aromatic nitrogens is 1. The lowest BCUT2D eigenvalue weighted by molar-refractivity contribution is -0.139. The van der Waals surface area contributed by atoms with Gasteiger partial charge in [0.25, 0.3) is 5.91 Å². The first-order valence-corrected chi connectivity index (χ1v) is 12.5. The first-order valence-electron chi connectivity index (χ1n) is 12.5. The Morgan fingerprint density at radius 2 is 1.94 bits per heavy atom. The molecular weight excluding hydrogens is 445 g/mol. The van der Waals surface area contributed by atoms with E-state index in [1.807, 2.05) is 33.7 Å². The Bertz CT molecular complexity index is 1320. The molecule has 6 rings (SSSR count). The van der Waals surface area contributed by atoms with Crippen LogP contribution in [0.5, 0.6) is 5.75 Å². The van der Waals surface area contributed by atoms with Crippen LogP contribution in [0, 0.1) is 11.7 Å². The lowest BCUT2D eigenvalue weighted by Crippen LogP contribution is -2.54. The number of ether oxygens (including phenoxy) is 1. The van der Waals surface area contributed by atoms with Gasteiger partial charge in [-0.25, -0.2) is 4.39 Å². The van der Waals surface area contributed by atoms with Crippen molar-refractivity contribution in [2.45, 2.75) is 44.1 Å². The molecule has 1 aliphatic carbocycles. The minimum atomic E-state index is -0.292. The van der Waals surface area contributed by atoms with Crippen molar-refractivity contribution >= 4 is 22.7 Å². The average Bonchev–Trinajstić information content (AvgIpc) is 3.17. The van der Waals surface area contributed by atoms with E-state index in [0.717, 1.165) is 48.6 Å². The molecule has 0 atom stereocenters. The highest BCUT2D eigenvalue weighted by atomic mass is 19.1. The molecule has 0 radical (unpaired) electrons. The quantitative estimate of drug-likeness (QED) is 0.614. The molecule has 35 heavy (non-hydrogen) atoms. The number of likely N-dealkylation sites (tertiary alicyclic amines) is 1. The van der Waals surface area contributed by atoms with Gasteiger partial charge in [-0.15, -0.1) is 0 Å². The molecule has 1 N–H and O–H groups in total. The standard InChI is InChI=1S/C28H30FN3O3/c1-35-20-9-10-21-23(15-20)32(16-19-5-2-3-8-22(19)29)25-24(21)28(17-30-26(25)33)11-13-31(14-12-28)27(34)18-6-4-7-18/h2-3,5,8-10,15,18H,4,6-7,11-14,16-17H2,1H3,(H,30,33). The summed E-state index contributed by atoms with van der Waals surface area (Å²) in [6, 6.07) is 12.6. The molecule has 0 bridgehead atoms. The number of halogens is 1. The molecule has 182 valence electrons. The summed E-state index contributed by atoms with van der Waals surface area (Å²) in [5.41, 5.74) is 2.77. The van der Waals surface area contributed by atoms with Gasteiger partial charge < -0.3 is 19.5 Å². The number of amides is 2. The van der Waals surface area contributed by atoms with Gasteiger partial charge in [-0.2, -0.15) is 0 Å². The number of rotatable bonds is 4. The van der Waals surface area contributed by atoms with Crippen LogP contribution in [0.2, 0.25) is 0 Å². The average molecular weight is 476 g/mol. The van der Waals surface area contributed by atoms with Gasteiger partial charge in [0.1, 0.15) is 17.3 Å². The van der Waals surface area contributed by atoms with Crippen LogP contribution in [0.4, 0.5) is 4.39 Å². The summed E-state index contributed by atoms with van der Waals surface area (Å²) >= 11 is 0. The van der Waals surface area contributed by atoms with Crippen molar-refractivity contribution in [1.29, 1.82) is 0 Å². The Morgan fingerprint density at radius 3 is 2.63 bits per heavy atom. The van der Waals surface area contributed by atoms with Gasteiger partial charge in [-0.3, -0.25) is 9.59 Å². The summed E-state index contributed by atoms with van der Waals surface area (Å²) in [4.78, 5) is 28.2. The Hall–Kier alpha value is -3.35. The van der Waals surface area contributed by atoms with E-state index >= 15 is 0 Å². The topological polar surface area (TPSA) is 63.6 Å². The fraction of sp³-hybridized carbons (Fsp3) is 0.429. The van der Waals surface area contributed by atoms with E-state index in [9.17, 15) is 14.0 Å². The number of carbonyl (C=O) groups is 2. The van der Waals surface area contributed by atoms with Gasteiger partial charge in [0, 0.05) is 48.0 Å². The number of hydrogen-bond acceptors (Lipinski definition) is 3. The van der Waals surface area contributed by atoms with Crippen molar-refractivity contribution < 1.29 is 18.7 Å². The molecule has 1 aromatic heterocycles. The molecule has 6 nitrogen and oxygen atoms in total. The minimum Gasteiger partial charge on any atom is -0.497 e. The van der Waals surface area contributed by atoms with E-state index in [-0.39, 0.29) is 35.5 Å². The van der Waals surface area contributed by atoms with E-state index in [1.165, 1.54) is 6.07 Å². The third-order valence-corrected chi connectivity index (χ3v) is 8.38. The normalized spacial score (nSPS) is 19.4. The minimum absolute atomic E-state index is 0.134. The number of piperidine rings is 1. The Labute approximate surface area is 204 Å². The van der Waals surface area contributed by atoms with E-state index in [0.29, 0.717) is 36.6 Å². The second-order valence-electron chi connectivity index (χ2n) is 10.2. The van der Waals surface area contributed by atoms with Crippen LogP contribution >= 0.6 is 0 Å². The van der Waals surface area contributed by atoms with E-state index in [2.05, 4.69) is 5.32 Å². The van der Waals surface area contributed by atoms with Crippen molar-refractivity contribution in [2.24, 2.45) is 5.92 Å². The van der Waals surface area contributed by atoms with Crippen LogP contribution in [0.25, 0.3) is 10.9 Å². The highest BCUT2D eigenvalue weighted by molar-refractivity contribution is 6.04. The summed E-state index contributed by atoms with van der Waals surface area (Å²) in [5, 5.41) is 4.14. The predicted molar refractivity (Wildman–Crippen MR) is 131 cm³/mol. The highest BCUT2D eigenvalue weighted by Gasteiger charge is 2.46. The van der Waals surface area contributed by atoms with Gasteiger partial charge in [0.05, 0.1) is 19.2 Å². The number of methoxy groups -OCH3 is 1. The van der Waals surface area contributed by atoms with Gasteiger partial charge in [0.15, 0.2) is 0 Å². The lowest BCUT2D eigenvalue weighted by Gasteiger charge is -2.45. The maximum atomic E-state index is 14.6. The van der Waals surface area contributed by atoms with Crippen molar-refractivity contribution in [1.82, 2.24) is 14.8 Å². The van der Waals surface area contributed by atoms with Crippen molar-refractivity contribution in [3.05, 3.63) is 65.1 Å². The Kier molecular flexibility index (Phi) is 5.31. The zero-order valence-electron chi connectivity index (χ0n) is 20.0. The fourth-order valence-electron chi connectivity index (χ4n) is 6.11. The largest absolute Gasteiger partial charge is 0.497 e. The van der Waals surface area contributed by atoms with Gasteiger partial charge in [-0.1, -0.05) is 24.6 Å². The Balaban J connectivity index is 1.45. The SMILES string of the molecule is COc1ccc2c3c(n(Cc4ccccc4F)c2c1)C(=O)NCC31CCN(C(=O)C2CCC2)CC1. The molecule has 7 heteroatoms. The third-order valence-electron chi connectivity index (χ3n) is 8.38. The molecule has 1 saturated carbocycles. The van der Waals surface area contributed by atoms with Crippen LogP contribution in [0.1, 0.15) is 53.7 Å². The molecule has 2 fully saturated rings. The number of hydrogen-bond donors (Lipinski definition) is 1. The predicted octanol–water partition coefficient (Wildman–Crippen LogP) is 4.24. The molecule has 2 aromatic carbocycles. The first-order chi connectivity index (χ1) is 17.0. The number of carbonyl (C=O) groups excluding carboxylic acids is 2. The molecule has 3 aromatic rings. The number of fused-ring (bicyclic) bond motifs is 4. The van der Waals surface area contributed by atoms with Crippen LogP contribution in [0.3, 0.4) is 0 Å². The van der Waals surface area contributed by atoms with Crippen LogP contribution in [-0.2, 0) is 16.8 Å². The lowest BCUT2D eigenvalue weighted by atomic mass is 9.69. The first kappa shape index (κ1) is 22.1. The summed E-state index contributed by atoms with van der Waals surface area (Å²) in [6.45, 7) is 2.19. The maximum absolute atomic E-state index is 14.6. The zero-order valence-corrected chi connectivity index (χ0v) is 20.0. The van der Waals surface area contributed by atoms with E-state index in [4.69, 9.17) is 4.74 Å². The van der Waals surface area contributed by atoms with Gasteiger partial charge in [-0.05, 0) is 49.4 Å². The van der Waals surface area contributed by atoms with Crippen LogP contribution in [-0.4, -0.2) is 48.0 Å². The van der Waals surface area contributed by atoms with Gasteiger partial charge in [0.2, 0.25) is 5.91 Å². The molecule has 1 spiro atoms. The molecule has 1 saturated heterocycles. The van der Waals surface area contributed by atoms with Gasteiger partial charge >= 0.3 is 0 Å². The molecule has 0 unspecified atom stereocenters. The molecule has 3 aliphatic rings. The summed E-state index contributed by atoms with van der Waals surface area (Å²) in [6.07, 6.45) is 4.75. The summed E-state index contributed by atoms with van der Waals surface area (Å²) in [5.74, 6) is 0.751. The highest BCUT2D eigenvalue weighted by Crippen LogP contribution is 2.45. The molecular formula is C28H30FN3O3. The molecule has 3 heterocycles. The van der Waals surface area contributed by atoms with Crippen molar-refractivity contribution in [3.63, 3.8) is 0 Å². The Morgan fingerprint density at radius 1 is 1.17 bits per heavy atom. The fourth-order valence-corrected chi connectivity index (χ4v) is 6.11. The zero-order chi connectivity index (χ0) is 24.2. The number of benzene rings is 2. The second-order valence-corrected chi connectivity index (χ2v) is 10.2. The summed E-state index contributed by atoms with van der Waals surface area (Å²) in [7, 11) is 1.62. The molecule has 2 aliphatic heterocycles. The van der Waals surface area contributed by atoms with E-state index in [1.54, 1.807) is 19.2 Å². The monoisotopic (exact) mass is 475 g/mol. The van der Waals surface area contributed by atoms with Crippen molar-refractivity contribution in [3.8, 4) is 5.75 Å². The number of nitrogens with zero attached hydrogens (tertiary/aromatic N) is 2. The third kappa shape index (κ3) is 3.51. The van der Waals surface area contributed by atoms with Crippen LogP contribution in [0.15, 0.2) is 42.5 Å². The summed E-state index contributed by atoms with van der Waals surface area (Å²) < 4.78 is 22.1. The van der Waals surface area contributed by atoms with Crippen LogP contribution < -0.4 is 10.1 Å². The van der Waals surface area contributed by atoms with E-state index < -0.39 is 0 Å².